The van der Waals surface area contributed by atoms with Gasteiger partial charge in [-0.25, -0.2) is 19.2 Å². The third kappa shape index (κ3) is 9.89. The number of hydrogen-bond acceptors (Lipinski definition) is 10. The number of anilines is 2. The lowest BCUT2D eigenvalue weighted by molar-refractivity contribution is -0.132. The molecular weight excluding hydrogens is 624 g/mol. The van der Waals surface area contributed by atoms with Crippen LogP contribution in [0.15, 0.2) is 95.6 Å². The molecule has 0 unspecified atom stereocenters. The van der Waals surface area contributed by atoms with Crippen molar-refractivity contribution in [1.82, 2.24) is 0 Å². The fraction of sp³-hybridized carbons (Fsp3) is 0.0345. The van der Waals surface area contributed by atoms with E-state index in [1.807, 2.05) is 0 Å². The minimum atomic E-state index is -1.63. The first-order valence-electron chi connectivity index (χ1n) is 12.7. The van der Waals surface area contributed by atoms with Crippen molar-refractivity contribution in [3.63, 3.8) is 0 Å². The van der Waals surface area contributed by atoms with E-state index in [1.54, 1.807) is 0 Å². The number of amides is 4. The Labute approximate surface area is 263 Å². The van der Waals surface area contributed by atoms with Gasteiger partial charge in [0.15, 0.2) is 0 Å². The summed E-state index contributed by atoms with van der Waals surface area (Å²) in [5.41, 5.74) is 19.1. The van der Waals surface area contributed by atoms with E-state index in [-0.39, 0.29) is 17.8 Å². The molecule has 0 fully saturated rings. The number of nitrogens with zero attached hydrogens (tertiary/aromatic N) is 2. The van der Waals surface area contributed by atoms with Crippen LogP contribution in [0.2, 0.25) is 0 Å². The van der Waals surface area contributed by atoms with Crippen molar-refractivity contribution in [2.45, 2.75) is 6.42 Å². The van der Waals surface area contributed by atoms with Gasteiger partial charge in [-0.15, -0.1) is 0 Å². The quantitative estimate of drug-likeness (QED) is 0.0980. The molecule has 0 aliphatic carbocycles. The lowest BCUT2D eigenvalue weighted by Gasteiger charge is -2.26. The van der Waals surface area contributed by atoms with Crippen LogP contribution in [-0.2, 0) is 44.8 Å². The third-order valence-corrected chi connectivity index (χ3v) is 5.81. The normalized spacial score (nSPS) is 12.1. The molecular formula is C29H26N6O12. The van der Waals surface area contributed by atoms with Crippen LogP contribution in [0, 0.1) is 0 Å². The molecule has 2 aromatic rings. The molecule has 12 N–H and O–H groups in total. The van der Waals surface area contributed by atoms with Gasteiger partial charge < -0.3 is 53.2 Å². The van der Waals surface area contributed by atoms with E-state index in [0.29, 0.717) is 45.2 Å². The molecule has 244 valence electrons. The van der Waals surface area contributed by atoms with Gasteiger partial charge in [0.25, 0.3) is 23.6 Å². The molecule has 0 bridgehead atoms. The van der Waals surface area contributed by atoms with E-state index < -0.39 is 70.3 Å². The number of carboxylic acid groups (broad SMARTS) is 4. The number of nitrogens with two attached hydrogens (primary N) is 4. The fourth-order valence-electron chi connectivity index (χ4n) is 4.03. The number of carbonyl (C=O) groups is 8. The number of rotatable bonds is 16. The van der Waals surface area contributed by atoms with Crippen molar-refractivity contribution in [3.8, 4) is 0 Å². The van der Waals surface area contributed by atoms with Crippen LogP contribution in [0.4, 0.5) is 11.4 Å². The summed E-state index contributed by atoms with van der Waals surface area (Å²) in [5.74, 6) is -11.8. The second-order valence-corrected chi connectivity index (χ2v) is 9.11. The van der Waals surface area contributed by atoms with E-state index in [9.17, 15) is 58.8 Å². The SMILES string of the molecule is NC(=O)C(=CC(=O)O)N(C(=CC(=O)O)C(N)=O)c1ccc(Cc2ccc(N(C(=CC(=O)O)C(N)=O)C(=CC(=O)O)C(N)=O)cc2)cc1. The fourth-order valence-corrected chi connectivity index (χ4v) is 4.03. The summed E-state index contributed by atoms with van der Waals surface area (Å²) in [4.78, 5) is 95.2. The first-order valence-corrected chi connectivity index (χ1v) is 12.7. The largest absolute Gasteiger partial charge is 0.478 e. The topological polar surface area (TPSA) is 328 Å². The number of aliphatic carboxylic acids is 4. The highest BCUT2D eigenvalue weighted by Gasteiger charge is 2.28. The van der Waals surface area contributed by atoms with E-state index in [2.05, 4.69) is 0 Å². The number of primary amides is 4. The first kappa shape index (κ1) is 36.0. The molecule has 0 saturated carbocycles. The molecule has 0 aliphatic rings. The van der Waals surface area contributed by atoms with Crippen LogP contribution < -0.4 is 32.7 Å². The highest BCUT2D eigenvalue weighted by atomic mass is 16.4. The Morgan fingerprint density at radius 2 is 0.660 bits per heavy atom. The second-order valence-electron chi connectivity index (χ2n) is 9.11. The third-order valence-electron chi connectivity index (χ3n) is 5.81. The van der Waals surface area contributed by atoms with E-state index in [0.717, 1.165) is 0 Å². The van der Waals surface area contributed by atoms with Gasteiger partial charge in [-0.05, 0) is 41.8 Å². The predicted octanol–water partition coefficient (Wildman–Crippen LogP) is -1.29. The Bertz CT molecular complexity index is 1560. The maximum absolute atomic E-state index is 12.1. The number of hydrogen-bond donors (Lipinski definition) is 8. The van der Waals surface area contributed by atoms with Gasteiger partial charge in [0, 0.05) is 11.4 Å². The Kier molecular flexibility index (Phi) is 11.8. The molecule has 47 heavy (non-hydrogen) atoms. The van der Waals surface area contributed by atoms with E-state index in [1.165, 1.54) is 48.5 Å². The summed E-state index contributed by atoms with van der Waals surface area (Å²) in [6, 6.07) is 11.2. The average Bonchev–Trinajstić information content (AvgIpc) is 2.95. The van der Waals surface area contributed by atoms with E-state index >= 15 is 0 Å². The summed E-state index contributed by atoms with van der Waals surface area (Å²) in [6.07, 6.45) is 1.63. The number of carbonyl (C=O) groups excluding carboxylic acids is 4. The first-order chi connectivity index (χ1) is 21.9. The lowest BCUT2D eigenvalue weighted by Crippen LogP contribution is -2.37. The minimum absolute atomic E-state index is 0.0641. The highest BCUT2D eigenvalue weighted by Crippen LogP contribution is 2.28. The summed E-state index contributed by atoms with van der Waals surface area (Å²) in [5, 5.41) is 36.9. The molecule has 18 heteroatoms. The average molecular weight is 651 g/mol. The molecule has 4 amide bonds. The lowest BCUT2D eigenvalue weighted by atomic mass is 10.0. The Morgan fingerprint density at radius 1 is 0.447 bits per heavy atom. The Balaban J connectivity index is 2.59. The maximum Gasteiger partial charge on any atom is 0.330 e. The van der Waals surface area contributed by atoms with Crippen LogP contribution in [0.1, 0.15) is 11.1 Å². The van der Waals surface area contributed by atoms with Crippen molar-refractivity contribution in [1.29, 1.82) is 0 Å². The molecule has 0 heterocycles. The second kappa shape index (κ2) is 15.5. The molecule has 0 spiro atoms. The van der Waals surface area contributed by atoms with Gasteiger partial charge in [-0.1, -0.05) is 24.3 Å². The molecule has 0 saturated heterocycles. The molecule has 2 aromatic carbocycles. The van der Waals surface area contributed by atoms with Crippen LogP contribution >= 0.6 is 0 Å². The van der Waals surface area contributed by atoms with Crippen LogP contribution in [-0.4, -0.2) is 67.9 Å². The van der Waals surface area contributed by atoms with Crippen molar-refractivity contribution in [2.24, 2.45) is 22.9 Å². The van der Waals surface area contributed by atoms with Crippen LogP contribution in [0.25, 0.3) is 0 Å². The van der Waals surface area contributed by atoms with Crippen molar-refractivity contribution < 1.29 is 58.8 Å². The molecule has 0 atom stereocenters. The van der Waals surface area contributed by atoms with Gasteiger partial charge in [-0.3, -0.25) is 19.2 Å². The van der Waals surface area contributed by atoms with Gasteiger partial charge in [0.05, 0.1) is 24.3 Å². The Morgan fingerprint density at radius 3 is 0.830 bits per heavy atom. The van der Waals surface area contributed by atoms with Crippen LogP contribution in [0.5, 0.6) is 0 Å². The van der Waals surface area contributed by atoms with Crippen molar-refractivity contribution >= 4 is 58.9 Å². The zero-order chi connectivity index (χ0) is 35.6. The summed E-state index contributed by atoms with van der Waals surface area (Å²) < 4.78 is 0. The summed E-state index contributed by atoms with van der Waals surface area (Å²) in [7, 11) is 0. The number of carboxylic acids is 4. The van der Waals surface area contributed by atoms with Crippen molar-refractivity contribution in [2.75, 3.05) is 9.80 Å². The maximum atomic E-state index is 12.1. The molecule has 0 radical (unpaired) electrons. The highest BCUT2D eigenvalue weighted by molar-refractivity contribution is 6.09. The monoisotopic (exact) mass is 650 g/mol. The Hall–Kier alpha value is -7.24. The standard InChI is InChI=1S/C29H26N6O12/c30-26(44)18(10-22(36)37)34(19(27(31)45)11-23(38)39)16-5-1-14(2-6-16)9-15-3-7-17(8-4-15)35(20(28(32)46)12-24(40)41)21(29(33)47)13-25(42)43/h1-8,10-13H,9H2,(H2,30,44)(H2,31,45)(H2,32,46)(H2,33,47)(H,36,37)(H,38,39)(H,40,41)(H,42,43). The number of benzene rings is 2. The van der Waals surface area contributed by atoms with Gasteiger partial charge in [0.2, 0.25) is 0 Å². The van der Waals surface area contributed by atoms with Gasteiger partial charge in [-0.2, -0.15) is 0 Å². The van der Waals surface area contributed by atoms with Gasteiger partial charge >= 0.3 is 23.9 Å². The molecule has 0 aliphatic heterocycles. The summed E-state index contributed by atoms with van der Waals surface area (Å²) >= 11 is 0. The molecule has 2 rings (SSSR count). The van der Waals surface area contributed by atoms with E-state index in [4.69, 9.17) is 22.9 Å². The van der Waals surface area contributed by atoms with Gasteiger partial charge in [0.1, 0.15) is 22.8 Å². The smallest absolute Gasteiger partial charge is 0.330 e. The molecule has 0 aromatic heterocycles. The zero-order valence-electron chi connectivity index (χ0n) is 23.9. The summed E-state index contributed by atoms with van der Waals surface area (Å²) in [6.45, 7) is 0. The zero-order valence-corrected chi connectivity index (χ0v) is 23.9. The predicted molar refractivity (Wildman–Crippen MR) is 160 cm³/mol. The molecule has 18 nitrogen and oxygen atoms in total. The van der Waals surface area contributed by atoms with Crippen molar-refractivity contribution in [3.05, 3.63) is 107 Å². The minimum Gasteiger partial charge on any atom is -0.478 e. The van der Waals surface area contributed by atoms with Crippen LogP contribution in [0.3, 0.4) is 0 Å².